The minimum Gasteiger partial charge on any atom is -0.464 e. The maximum Gasteiger partial charge on any atom is 0.410 e. The van der Waals surface area contributed by atoms with E-state index in [0.29, 0.717) is 32.5 Å². The molecular weight excluding hydrogens is 298 g/mol. The number of esters is 1. The van der Waals surface area contributed by atoms with Gasteiger partial charge in [-0.05, 0) is 47.0 Å². The van der Waals surface area contributed by atoms with E-state index in [1.54, 1.807) is 4.90 Å². The van der Waals surface area contributed by atoms with Gasteiger partial charge < -0.3 is 19.1 Å². The number of carbonyl (C=O) groups excluding carboxylic acids is 2. The highest BCUT2D eigenvalue weighted by atomic mass is 16.6. The molecule has 1 aliphatic heterocycles. The molecule has 0 aliphatic carbocycles. The van der Waals surface area contributed by atoms with Crippen LogP contribution in [0.2, 0.25) is 0 Å². The maximum atomic E-state index is 12.0. The summed E-state index contributed by atoms with van der Waals surface area (Å²) in [6, 6.07) is 0. The van der Waals surface area contributed by atoms with Crippen LogP contribution in [0.4, 0.5) is 4.79 Å². The highest BCUT2D eigenvalue weighted by Gasteiger charge is 2.34. The van der Waals surface area contributed by atoms with E-state index in [-0.39, 0.29) is 18.7 Å². The normalized spacial score (nSPS) is 17.7. The molecule has 1 fully saturated rings. The van der Waals surface area contributed by atoms with Gasteiger partial charge in [-0.1, -0.05) is 13.3 Å². The van der Waals surface area contributed by atoms with Gasteiger partial charge in [0.1, 0.15) is 12.2 Å². The van der Waals surface area contributed by atoms with Crippen LogP contribution in [0.3, 0.4) is 0 Å². The van der Waals surface area contributed by atoms with Gasteiger partial charge in [0.25, 0.3) is 0 Å². The quantitative estimate of drug-likeness (QED) is 0.553. The number of piperidine rings is 1. The van der Waals surface area contributed by atoms with Crippen LogP contribution in [0.25, 0.3) is 0 Å². The van der Waals surface area contributed by atoms with Gasteiger partial charge in [0, 0.05) is 13.1 Å². The van der Waals surface area contributed by atoms with E-state index in [4.69, 9.17) is 14.2 Å². The minimum atomic E-state index is -0.490. The van der Waals surface area contributed by atoms with Gasteiger partial charge in [0.15, 0.2) is 0 Å². The molecule has 6 nitrogen and oxygen atoms in total. The highest BCUT2D eigenvalue weighted by Crippen LogP contribution is 2.26. The summed E-state index contributed by atoms with van der Waals surface area (Å²) in [5.41, 5.74) is -0.890. The Balaban J connectivity index is 2.33. The molecular formula is C17H31NO5. The fourth-order valence-corrected chi connectivity index (χ4v) is 2.24. The number of likely N-dealkylation sites (tertiary alicyclic amines) is 1. The van der Waals surface area contributed by atoms with Crippen LogP contribution in [-0.2, 0) is 19.0 Å². The van der Waals surface area contributed by atoms with Crippen molar-refractivity contribution in [3.63, 3.8) is 0 Å². The Morgan fingerprint density at radius 2 is 1.78 bits per heavy atom. The third kappa shape index (κ3) is 7.68. The second-order valence-corrected chi connectivity index (χ2v) is 7.28. The first-order valence-corrected chi connectivity index (χ1v) is 8.43. The predicted octanol–water partition coefficient (Wildman–Crippen LogP) is 3.14. The van der Waals surface area contributed by atoms with Crippen molar-refractivity contribution in [1.82, 2.24) is 4.90 Å². The van der Waals surface area contributed by atoms with Gasteiger partial charge in [0.05, 0.1) is 12.2 Å². The molecule has 1 heterocycles. The molecule has 0 radical (unpaired) electrons. The van der Waals surface area contributed by atoms with Crippen molar-refractivity contribution < 1.29 is 23.8 Å². The summed E-state index contributed by atoms with van der Waals surface area (Å²) in [5.74, 6) is -0.325. The monoisotopic (exact) mass is 329 g/mol. The van der Waals surface area contributed by atoms with Crippen molar-refractivity contribution in [2.24, 2.45) is 0 Å². The second-order valence-electron chi connectivity index (χ2n) is 7.28. The Morgan fingerprint density at radius 3 is 2.30 bits per heavy atom. The largest absolute Gasteiger partial charge is 0.464 e. The summed E-state index contributed by atoms with van der Waals surface area (Å²) < 4.78 is 16.2. The SMILES string of the molecule is CCCCOC(=O)COC1(C)CCN(C(=O)OC(C)(C)C)CC1. The molecule has 0 bridgehead atoms. The lowest BCUT2D eigenvalue weighted by molar-refractivity contribution is -0.158. The zero-order chi connectivity index (χ0) is 17.5. The van der Waals surface area contributed by atoms with E-state index in [1.165, 1.54) is 0 Å². The number of amides is 1. The van der Waals surface area contributed by atoms with Crippen molar-refractivity contribution in [2.75, 3.05) is 26.3 Å². The summed E-state index contributed by atoms with van der Waals surface area (Å²) in [6.45, 7) is 11.1. The van der Waals surface area contributed by atoms with Crippen LogP contribution in [-0.4, -0.2) is 54.5 Å². The van der Waals surface area contributed by atoms with Gasteiger partial charge in [-0.2, -0.15) is 0 Å². The Kier molecular flexibility index (Phi) is 7.32. The number of unbranched alkanes of at least 4 members (excludes halogenated alkanes) is 1. The first-order valence-electron chi connectivity index (χ1n) is 8.43. The predicted molar refractivity (Wildman–Crippen MR) is 87.3 cm³/mol. The number of ether oxygens (including phenoxy) is 3. The topological polar surface area (TPSA) is 65.1 Å². The van der Waals surface area contributed by atoms with Crippen LogP contribution in [0, 0.1) is 0 Å². The Labute approximate surface area is 139 Å². The first-order chi connectivity index (χ1) is 10.7. The van der Waals surface area contributed by atoms with Crippen molar-refractivity contribution in [3.8, 4) is 0 Å². The van der Waals surface area contributed by atoms with E-state index in [1.807, 2.05) is 34.6 Å². The third-order valence-electron chi connectivity index (χ3n) is 3.77. The molecule has 0 atom stereocenters. The standard InChI is InChI=1S/C17H31NO5/c1-6-7-12-21-14(19)13-22-17(5)8-10-18(11-9-17)15(20)23-16(2,3)4/h6-13H2,1-5H3. The van der Waals surface area contributed by atoms with E-state index in [9.17, 15) is 9.59 Å². The van der Waals surface area contributed by atoms with Gasteiger partial charge in [-0.25, -0.2) is 9.59 Å². The average Bonchev–Trinajstić information content (AvgIpc) is 2.44. The third-order valence-corrected chi connectivity index (χ3v) is 3.77. The van der Waals surface area contributed by atoms with Crippen LogP contribution in [0.15, 0.2) is 0 Å². The van der Waals surface area contributed by atoms with Crippen LogP contribution in [0.1, 0.15) is 60.3 Å². The van der Waals surface area contributed by atoms with Crippen molar-refractivity contribution in [1.29, 1.82) is 0 Å². The number of rotatable bonds is 6. The zero-order valence-electron chi connectivity index (χ0n) is 15.1. The molecule has 6 heteroatoms. The fourth-order valence-electron chi connectivity index (χ4n) is 2.24. The van der Waals surface area contributed by atoms with Crippen molar-refractivity contribution in [3.05, 3.63) is 0 Å². The Morgan fingerprint density at radius 1 is 1.17 bits per heavy atom. The maximum absolute atomic E-state index is 12.0. The lowest BCUT2D eigenvalue weighted by Gasteiger charge is -2.39. The molecule has 0 unspecified atom stereocenters. The smallest absolute Gasteiger partial charge is 0.410 e. The number of hydrogen-bond acceptors (Lipinski definition) is 5. The van der Waals surface area contributed by atoms with E-state index < -0.39 is 11.2 Å². The molecule has 1 aliphatic rings. The summed E-state index contributed by atoms with van der Waals surface area (Å²) in [7, 11) is 0. The fraction of sp³-hybridized carbons (Fsp3) is 0.882. The lowest BCUT2D eigenvalue weighted by atomic mass is 9.93. The molecule has 0 N–H and O–H groups in total. The van der Waals surface area contributed by atoms with Crippen molar-refractivity contribution in [2.45, 2.75) is 71.5 Å². The Hall–Kier alpha value is -1.30. The van der Waals surface area contributed by atoms with Gasteiger partial charge >= 0.3 is 12.1 Å². The molecule has 0 aromatic rings. The number of carbonyl (C=O) groups is 2. The van der Waals surface area contributed by atoms with Crippen LogP contribution >= 0.6 is 0 Å². The molecule has 0 saturated carbocycles. The molecule has 134 valence electrons. The average molecular weight is 329 g/mol. The Bertz CT molecular complexity index is 394. The van der Waals surface area contributed by atoms with E-state index in [2.05, 4.69) is 0 Å². The molecule has 0 spiro atoms. The highest BCUT2D eigenvalue weighted by molar-refractivity contribution is 5.70. The van der Waals surface area contributed by atoms with Crippen LogP contribution in [0.5, 0.6) is 0 Å². The number of hydrogen-bond donors (Lipinski definition) is 0. The van der Waals surface area contributed by atoms with Crippen molar-refractivity contribution >= 4 is 12.1 Å². The second kappa shape index (κ2) is 8.52. The zero-order valence-corrected chi connectivity index (χ0v) is 15.1. The molecule has 0 aromatic heterocycles. The molecule has 1 amide bonds. The molecule has 1 rings (SSSR count). The summed E-state index contributed by atoms with van der Waals surface area (Å²) >= 11 is 0. The minimum absolute atomic E-state index is 0.0351. The lowest BCUT2D eigenvalue weighted by Crippen LogP contribution is -2.48. The van der Waals surface area contributed by atoms with Gasteiger partial charge in [-0.3, -0.25) is 0 Å². The molecule has 0 aromatic carbocycles. The van der Waals surface area contributed by atoms with E-state index >= 15 is 0 Å². The summed E-state index contributed by atoms with van der Waals surface area (Å²) in [4.78, 5) is 25.3. The van der Waals surface area contributed by atoms with Gasteiger partial charge in [0.2, 0.25) is 0 Å². The van der Waals surface area contributed by atoms with E-state index in [0.717, 1.165) is 12.8 Å². The van der Waals surface area contributed by atoms with Crippen LogP contribution < -0.4 is 0 Å². The molecule has 1 saturated heterocycles. The molecule has 23 heavy (non-hydrogen) atoms. The number of nitrogens with zero attached hydrogens (tertiary/aromatic N) is 1. The summed E-state index contributed by atoms with van der Waals surface area (Å²) in [6.07, 6.45) is 2.92. The first kappa shape index (κ1) is 19.7. The summed E-state index contributed by atoms with van der Waals surface area (Å²) in [5, 5.41) is 0. The van der Waals surface area contributed by atoms with Gasteiger partial charge in [-0.15, -0.1) is 0 Å².